The predicted molar refractivity (Wildman–Crippen MR) is 85.2 cm³/mol. The number of hydrogen-bond acceptors (Lipinski definition) is 2. The van der Waals surface area contributed by atoms with E-state index >= 15 is 0 Å². The smallest absolute Gasteiger partial charge is 0.132 e. The highest BCUT2D eigenvalue weighted by Gasteiger charge is 2.20. The van der Waals surface area contributed by atoms with Crippen molar-refractivity contribution in [1.29, 1.82) is 0 Å². The van der Waals surface area contributed by atoms with Crippen molar-refractivity contribution in [2.45, 2.75) is 51.5 Å². The molecule has 2 nitrogen and oxygen atoms in total. The van der Waals surface area contributed by atoms with Gasteiger partial charge in [0, 0.05) is 11.6 Å². The van der Waals surface area contributed by atoms with E-state index in [4.69, 9.17) is 4.74 Å². The van der Waals surface area contributed by atoms with Gasteiger partial charge in [0.15, 0.2) is 0 Å². The zero-order chi connectivity index (χ0) is 15.1. The molecule has 116 valence electrons. The Hall–Kier alpha value is -1.35. The highest BCUT2D eigenvalue weighted by Crippen LogP contribution is 2.31. The fourth-order valence-corrected chi connectivity index (χ4v) is 2.99. The van der Waals surface area contributed by atoms with Crippen LogP contribution >= 0.6 is 0 Å². The van der Waals surface area contributed by atoms with Crippen LogP contribution in [0.3, 0.4) is 0 Å². The number of hydrogen-bond donors (Lipinski definition) is 1. The van der Waals surface area contributed by atoms with Gasteiger partial charge in [-0.05, 0) is 38.3 Å². The van der Waals surface area contributed by atoms with Crippen molar-refractivity contribution >= 4 is 0 Å². The minimum Gasteiger partial charge on any atom is -0.497 e. The molecule has 1 unspecified atom stereocenters. The normalized spacial score (nSPS) is 20.0. The van der Waals surface area contributed by atoms with Gasteiger partial charge >= 0.3 is 0 Å². The first-order valence-corrected chi connectivity index (χ1v) is 8.02. The standard InChI is InChI=1S/C18H26FNO/c1-3-20-18(14-9-7-5-4-6-8-10-14)16-12-11-15(21-2)13-17(16)19/h9,11-13,18,20H,3-8,10H2,1-2H3/b14-9+. The molecule has 0 amide bonds. The molecule has 0 saturated carbocycles. The van der Waals surface area contributed by atoms with Gasteiger partial charge < -0.3 is 10.1 Å². The SMILES string of the molecule is CCNC(/C1=C/CCCCCC1)c1ccc(OC)cc1F. The molecular weight excluding hydrogens is 265 g/mol. The van der Waals surface area contributed by atoms with Crippen molar-refractivity contribution in [3.8, 4) is 5.75 Å². The molecule has 1 aromatic rings. The van der Waals surface area contributed by atoms with E-state index in [-0.39, 0.29) is 11.9 Å². The maximum absolute atomic E-state index is 14.4. The number of benzene rings is 1. The van der Waals surface area contributed by atoms with Crippen LogP contribution in [0.15, 0.2) is 29.8 Å². The summed E-state index contributed by atoms with van der Waals surface area (Å²) in [6, 6.07) is 5.15. The minimum absolute atomic E-state index is 0.0148. The van der Waals surface area contributed by atoms with Gasteiger partial charge in [-0.15, -0.1) is 0 Å². The summed E-state index contributed by atoms with van der Waals surface area (Å²) in [5.41, 5.74) is 2.06. The van der Waals surface area contributed by atoms with Crippen molar-refractivity contribution in [3.05, 3.63) is 41.2 Å². The van der Waals surface area contributed by atoms with Gasteiger partial charge in [-0.1, -0.05) is 37.5 Å². The van der Waals surface area contributed by atoms with E-state index in [1.807, 2.05) is 12.1 Å². The van der Waals surface area contributed by atoms with Crippen molar-refractivity contribution < 1.29 is 9.13 Å². The third-order valence-corrected chi connectivity index (χ3v) is 4.12. The van der Waals surface area contributed by atoms with Crippen molar-refractivity contribution in [2.24, 2.45) is 0 Å². The molecule has 1 aromatic carbocycles. The van der Waals surface area contributed by atoms with Gasteiger partial charge in [-0.2, -0.15) is 0 Å². The van der Waals surface area contributed by atoms with Gasteiger partial charge in [0.1, 0.15) is 11.6 Å². The zero-order valence-electron chi connectivity index (χ0n) is 13.1. The first kappa shape index (κ1) is 16.0. The second kappa shape index (κ2) is 8.18. The van der Waals surface area contributed by atoms with Crippen LogP contribution < -0.4 is 10.1 Å². The van der Waals surface area contributed by atoms with Crippen molar-refractivity contribution in [2.75, 3.05) is 13.7 Å². The molecule has 0 radical (unpaired) electrons. The molecular formula is C18H26FNO. The molecule has 3 heteroatoms. The summed E-state index contributed by atoms with van der Waals surface area (Å²) in [5.74, 6) is 0.376. The van der Waals surface area contributed by atoms with Crippen LogP contribution in [0.1, 0.15) is 57.1 Å². The summed E-state index contributed by atoms with van der Waals surface area (Å²) in [6.45, 7) is 2.89. The summed E-state index contributed by atoms with van der Waals surface area (Å²) in [5, 5.41) is 3.45. The Balaban J connectivity index is 2.28. The average molecular weight is 291 g/mol. The Bertz CT molecular complexity index is 484. The third-order valence-electron chi connectivity index (χ3n) is 4.12. The fraction of sp³-hybridized carbons (Fsp3) is 0.556. The van der Waals surface area contributed by atoms with Gasteiger partial charge in [-0.3, -0.25) is 0 Å². The van der Waals surface area contributed by atoms with Crippen LogP contribution in [-0.4, -0.2) is 13.7 Å². The van der Waals surface area contributed by atoms with Gasteiger partial charge in [0.25, 0.3) is 0 Å². The van der Waals surface area contributed by atoms with Gasteiger partial charge in [0.05, 0.1) is 13.2 Å². The summed E-state index contributed by atoms with van der Waals surface area (Å²) < 4.78 is 19.5. The number of rotatable bonds is 5. The van der Waals surface area contributed by atoms with Crippen LogP contribution in [0, 0.1) is 5.82 Å². The number of likely N-dealkylation sites (N-methyl/N-ethyl adjacent to an activating group) is 1. The number of allylic oxidation sites excluding steroid dienone is 1. The quantitative estimate of drug-likeness (QED) is 0.789. The maximum Gasteiger partial charge on any atom is 0.132 e. The molecule has 0 aromatic heterocycles. The lowest BCUT2D eigenvalue weighted by atomic mass is 9.90. The first-order chi connectivity index (χ1) is 10.3. The Kier molecular flexibility index (Phi) is 6.24. The number of halogens is 1. The lowest BCUT2D eigenvalue weighted by Crippen LogP contribution is -2.24. The molecule has 1 aliphatic rings. The topological polar surface area (TPSA) is 21.3 Å². The van der Waals surface area contributed by atoms with E-state index in [9.17, 15) is 4.39 Å². The number of nitrogens with one attached hydrogen (secondary N) is 1. The molecule has 1 aliphatic carbocycles. The number of ether oxygens (including phenoxy) is 1. The highest BCUT2D eigenvalue weighted by atomic mass is 19.1. The molecule has 0 heterocycles. The monoisotopic (exact) mass is 291 g/mol. The Labute approximate surface area is 127 Å². The van der Waals surface area contributed by atoms with E-state index in [1.165, 1.54) is 37.3 Å². The molecule has 21 heavy (non-hydrogen) atoms. The second-order valence-corrected chi connectivity index (χ2v) is 5.61. The molecule has 0 bridgehead atoms. The van der Waals surface area contributed by atoms with E-state index in [0.29, 0.717) is 5.75 Å². The van der Waals surface area contributed by atoms with Crippen LogP contribution in [0.5, 0.6) is 5.75 Å². The summed E-state index contributed by atoms with van der Waals surface area (Å²) in [7, 11) is 1.56. The molecule has 2 rings (SSSR count). The highest BCUT2D eigenvalue weighted by molar-refractivity contribution is 5.35. The second-order valence-electron chi connectivity index (χ2n) is 5.61. The Morgan fingerprint density at radius 1 is 1.24 bits per heavy atom. The van der Waals surface area contributed by atoms with E-state index in [0.717, 1.165) is 24.9 Å². The fourth-order valence-electron chi connectivity index (χ4n) is 2.99. The molecule has 0 aliphatic heterocycles. The summed E-state index contributed by atoms with van der Waals surface area (Å²) in [4.78, 5) is 0. The third kappa shape index (κ3) is 4.31. The molecule has 0 spiro atoms. The van der Waals surface area contributed by atoms with Crippen LogP contribution in [0.4, 0.5) is 4.39 Å². The maximum atomic E-state index is 14.4. The predicted octanol–water partition coefficient (Wildman–Crippen LogP) is 4.77. The van der Waals surface area contributed by atoms with Gasteiger partial charge in [-0.25, -0.2) is 4.39 Å². The molecule has 1 atom stereocenters. The van der Waals surface area contributed by atoms with Gasteiger partial charge in [0.2, 0.25) is 0 Å². The molecule has 0 fully saturated rings. The Morgan fingerprint density at radius 2 is 2.05 bits per heavy atom. The van der Waals surface area contributed by atoms with Crippen LogP contribution in [0.25, 0.3) is 0 Å². The minimum atomic E-state index is -0.191. The lowest BCUT2D eigenvalue weighted by molar-refractivity contribution is 0.409. The number of methoxy groups -OCH3 is 1. The van der Waals surface area contributed by atoms with Crippen LogP contribution in [0.2, 0.25) is 0 Å². The molecule has 1 N–H and O–H groups in total. The average Bonchev–Trinajstić information content (AvgIpc) is 2.45. The van der Waals surface area contributed by atoms with E-state index in [1.54, 1.807) is 7.11 Å². The van der Waals surface area contributed by atoms with E-state index < -0.39 is 0 Å². The van der Waals surface area contributed by atoms with E-state index in [2.05, 4.69) is 18.3 Å². The van der Waals surface area contributed by atoms with Crippen molar-refractivity contribution in [1.82, 2.24) is 5.32 Å². The lowest BCUT2D eigenvalue weighted by Gasteiger charge is -2.24. The Morgan fingerprint density at radius 3 is 2.76 bits per heavy atom. The summed E-state index contributed by atoms with van der Waals surface area (Å²) in [6.07, 6.45) is 9.51. The largest absolute Gasteiger partial charge is 0.497 e. The first-order valence-electron chi connectivity index (χ1n) is 8.02. The molecule has 0 saturated heterocycles. The summed E-state index contributed by atoms with van der Waals surface area (Å²) >= 11 is 0. The van der Waals surface area contributed by atoms with Crippen LogP contribution in [-0.2, 0) is 0 Å². The van der Waals surface area contributed by atoms with Crippen molar-refractivity contribution in [3.63, 3.8) is 0 Å². The zero-order valence-corrected chi connectivity index (χ0v) is 13.1.